The maximum atomic E-state index is 6.33. The second-order valence-electron chi connectivity index (χ2n) is 4.98. The Morgan fingerprint density at radius 3 is 2.76 bits per heavy atom. The van der Waals surface area contributed by atoms with Crippen molar-refractivity contribution in [2.75, 3.05) is 12.8 Å². The van der Waals surface area contributed by atoms with E-state index in [1.54, 1.807) is 19.2 Å². The largest absolute Gasteiger partial charge is 0.493 e. The van der Waals surface area contributed by atoms with Crippen LogP contribution >= 0.6 is 11.6 Å². The van der Waals surface area contributed by atoms with Gasteiger partial charge in [0, 0.05) is 5.56 Å². The Balaban J connectivity index is 1.81. The number of anilines is 1. The average Bonchev–Trinajstić information content (AvgIpc) is 3.04. The van der Waals surface area contributed by atoms with E-state index in [9.17, 15) is 0 Å². The number of nitrogens with zero attached hydrogens (tertiary/aromatic N) is 5. The molecule has 0 aliphatic carbocycles. The number of hydrogen-bond acceptors (Lipinski definition) is 7. The standard InChI is InChI=1S/C16H15ClN6O2/c1-24-14-8-12(9-19-23-16(18)20-21-22-23)7-13(17)15(14)25-10-11-5-3-2-4-6-11/h2-9H,10H2,1H3,(H2,18,20,22)/b19-9+. The fraction of sp³-hybridized carbons (Fsp3) is 0.125. The molecule has 0 atom stereocenters. The van der Waals surface area contributed by atoms with Gasteiger partial charge in [-0.05, 0) is 28.1 Å². The molecule has 1 aromatic heterocycles. The predicted molar refractivity (Wildman–Crippen MR) is 94.0 cm³/mol. The van der Waals surface area contributed by atoms with Crippen LogP contribution < -0.4 is 15.2 Å². The molecule has 8 nitrogen and oxygen atoms in total. The molecule has 0 saturated carbocycles. The lowest BCUT2D eigenvalue weighted by molar-refractivity contribution is 0.284. The van der Waals surface area contributed by atoms with Gasteiger partial charge in [-0.2, -0.15) is 5.10 Å². The third-order valence-electron chi connectivity index (χ3n) is 3.27. The van der Waals surface area contributed by atoms with Crippen molar-refractivity contribution >= 4 is 23.8 Å². The third-order valence-corrected chi connectivity index (χ3v) is 3.55. The van der Waals surface area contributed by atoms with Crippen LogP contribution in [0.1, 0.15) is 11.1 Å². The van der Waals surface area contributed by atoms with Gasteiger partial charge in [-0.1, -0.05) is 51.8 Å². The average molecular weight is 359 g/mol. The highest BCUT2D eigenvalue weighted by molar-refractivity contribution is 6.32. The Kier molecular flexibility index (Phi) is 5.10. The van der Waals surface area contributed by atoms with Gasteiger partial charge in [0.25, 0.3) is 5.95 Å². The topological polar surface area (TPSA) is 100 Å². The molecule has 2 N–H and O–H groups in total. The van der Waals surface area contributed by atoms with E-state index in [1.807, 2.05) is 30.3 Å². The Bertz CT molecular complexity index is 882. The van der Waals surface area contributed by atoms with Gasteiger partial charge >= 0.3 is 0 Å². The number of rotatable bonds is 6. The minimum atomic E-state index is 0.0807. The van der Waals surface area contributed by atoms with E-state index in [0.29, 0.717) is 28.7 Å². The number of nitrogen functional groups attached to an aromatic ring is 1. The van der Waals surface area contributed by atoms with Crippen molar-refractivity contribution in [2.24, 2.45) is 5.10 Å². The van der Waals surface area contributed by atoms with Crippen LogP contribution in [0, 0.1) is 0 Å². The maximum absolute atomic E-state index is 6.33. The minimum absolute atomic E-state index is 0.0807. The zero-order valence-corrected chi connectivity index (χ0v) is 14.1. The molecule has 25 heavy (non-hydrogen) atoms. The van der Waals surface area contributed by atoms with Crippen molar-refractivity contribution in [2.45, 2.75) is 6.61 Å². The first kappa shape index (κ1) is 16.7. The van der Waals surface area contributed by atoms with Crippen LogP contribution in [0.4, 0.5) is 5.95 Å². The lowest BCUT2D eigenvalue weighted by Gasteiger charge is -2.13. The Morgan fingerprint density at radius 1 is 1.28 bits per heavy atom. The Labute approximate surface area is 148 Å². The summed E-state index contributed by atoms with van der Waals surface area (Å²) < 4.78 is 11.2. The van der Waals surface area contributed by atoms with Crippen molar-refractivity contribution in [3.8, 4) is 11.5 Å². The van der Waals surface area contributed by atoms with Crippen LogP contribution in [0.15, 0.2) is 47.6 Å². The lowest BCUT2D eigenvalue weighted by atomic mass is 10.2. The van der Waals surface area contributed by atoms with Crippen LogP contribution in [0.25, 0.3) is 0 Å². The molecule has 2 aromatic carbocycles. The van der Waals surface area contributed by atoms with Crippen LogP contribution in [-0.2, 0) is 6.61 Å². The van der Waals surface area contributed by atoms with Crippen LogP contribution in [-0.4, -0.2) is 33.6 Å². The van der Waals surface area contributed by atoms with E-state index in [0.717, 1.165) is 10.4 Å². The summed E-state index contributed by atoms with van der Waals surface area (Å²) in [6.07, 6.45) is 1.52. The first-order valence-electron chi connectivity index (χ1n) is 7.30. The summed E-state index contributed by atoms with van der Waals surface area (Å²) in [7, 11) is 1.54. The highest BCUT2D eigenvalue weighted by Crippen LogP contribution is 2.36. The highest BCUT2D eigenvalue weighted by atomic mass is 35.5. The van der Waals surface area contributed by atoms with Crippen molar-refractivity contribution in [3.63, 3.8) is 0 Å². The van der Waals surface area contributed by atoms with E-state index < -0.39 is 0 Å². The molecule has 0 aliphatic heterocycles. The molecule has 9 heteroatoms. The minimum Gasteiger partial charge on any atom is -0.493 e. The highest BCUT2D eigenvalue weighted by Gasteiger charge is 2.12. The van der Waals surface area contributed by atoms with Gasteiger partial charge in [-0.15, -0.1) is 0 Å². The van der Waals surface area contributed by atoms with Gasteiger partial charge in [0.2, 0.25) is 0 Å². The van der Waals surface area contributed by atoms with Gasteiger partial charge < -0.3 is 15.2 Å². The smallest absolute Gasteiger partial charge is 0.263 e. The van der Waals surface area contributed by atoms with Crippen molar-refractivity contribution in [1.82, 2.24) is 20.3 Å². The molecule has 3 rings (SSSR count). The number of tetrazole rings is 1. The van der Waals surface area contributed by atoms with E-state index in [1.165, 1.54) is 6.21 Å². The van der Waals surface area contributed by atoms with E-state index >= 15 is 0 Å². The third kappa shape index (κ3) is 4.04. The monoisotopic (exact) mass is 358 g/mol. The predicted octanol–water partition coefficient (Wildman–Crippen LogP) is 2.38. The molecule has 0 spiro atoms. The summed E-state index contributed by atoms with van der Waals surface area (Å²) in [6.45, 7) is 0.380. The quantitative estimate of drug-likeness (QED) is 0.679. The van der Waals surface area contributed by atoms with Gasteiger partial charge in [0.15, 0.2) is 11.5 Å². The molecule has 0 amide bonds. The molecular formula is C16H15ClN6O2. The normalized spacial score (nSPS) is 11.0. The molecule has 0 unspecified atom stereocenters. The van der Waals surface area contributed by atoms with E-state index in [2.05, 4.69) is 20.6 Å². The first-order valence-corrected chi connectivity index (χ1v) is 7.67. The summed E-state index contributed by atoms with van der Waals surface area (Å²) in [5.74, 6) is 1.04. The number of ether oxygens (including phenoxy) is 2. The second-order valence-corrected chi connectivity index (χ2v) is 5.39. The van der Waals surface area contributed by atoms with Crippen LogP contribution in [0.2, 0.25) is 5.02 Å². The molecule has 0 fully saturated rings. The number of methoxy groups -OCH3 is 1. The zero-order chi connectivity index (χ0) is 17.6. The van der Waals surface area contributed by atoms with E-state index in [-0.39, 0.29) is 5.95 Å². The second kappa shape index (κ2) is 7.63. The molecule has 0 aliphatic rings. The van der Waals surface area contributed by atoms with Crippen LogP contribution in [0.3, 0.4) is 0 Å². The van der Waals surface area contributed by atoms with Gasteiger partial charge in [-0.25, -0.2) is 0 Å². The summed E-state index contributed by atoms with van der Waals surface area (Å²) in [6, 6.07) is 13.2. The SMILES string of the molecule is COc1cc(/C=N/n2nnnc2N)cc(Cl)c1OCc1ccccc1. The zero-order valence-electron chi connectivity index (χ0n) is 13.3. The van der Waals surface area contributed by atoms with Crippen molar-refractivity contribution in [1.29, 1.82) is 0 Å². The van der Waals surface area contributed by atoms with Crippen LogP contribution in [0.5, 0.6) is 11.5 Å². The Morgan fingerprint density at radius 2 is 2.08 bits per heavy atom. The van der Waals surface area contributed by atoms with Crippen molar-refractivity contribution in [3.05, 3.63) is 58.6 Å². The lowest BCUT2D eigenvalue weighted by Crippen LogP contribution is -2.01. The maximum Gasteiger partial charge on any atom is 0.263 e. The fourth-order valence-corrected chi connectivity index (χ4v) is 2.35. The summed E-state index contributed by atoms with van der Waals surface area (Å²) >= 11 is 6.33. The summed E-state index contributed by atoms with van der Waals surface area (Å²) in [4.78, 5) is 1.10. The Hall–Kier alpha value is -3.13. The van der Waals surface area contributed by atoms with E-state index in [4.69, 9.17) is 26.8 Å². The molecule has 1 heterocycles. The first-order chi connectivity index (χ1) is 12.2. The van der Waals surface area contributed by atoms with Gasteiger partial charge in [-0.3, -0.25) is 0 Å². The number of hydrogen-bond donors (Lipinski definition) is 1. The molecule has 128 valence electrons. The molecule has 0 saturated heterocycles. The summed E-state index contributed by atoms with van der Waals surface area (Å²) in [5, 5.41) is 15.0. The van der Waals surface area contributed by atoms with Crippen molar-refractivity contribution < 1.29 is 9.47 Å². The number of nitrogens with two attached hydrogens (primary N) is 1. The number of aromatic nitrogens is 4. The molecule has 0 bridgehead atoms. The van der Waals surface area contributed by atoms with Gasteiger partial charge in [0.05, 0.1) is 18.3 Å². The molecular weight excluding hydrogens is 344 g/mol. The molecule has 3 aromatic rings. The number of benzene rings is 2. The fourth-order valence-electron chi connectivity index (χ4n) is 2.08. The molecule has 0 radical (unpaired) electrons. The summed E-state index contributed by atoms with van der Waals surface area (Å²) in [5.41, 5.74) is 7.26. The van der Waals surface area contributed by atoms with Gasteiger partial charge in [0.1, 0.15) is 6.61 Å². The number of halogens is 1.